The number of nitrogens with zero attached hydrogens (tertiary/aromatic N) is 3. The van der Waals surface area contributed by atoms with Gasteiger partial charge in [-0.15, -0.1) is 0 Å². The Morgan fingerprint density at radius 1 is 1.47 bits per heavy atom. The molecule has 0 spiro atoms. The van der Waals surface area contributed by atoms with Gasteiger partial charge in [0.2, 0.25) is 5.96 Å². The number of hydrogen-bond donors (Lipinski definition) is 2. The largest absolute Gasteiger partial charge is 0.342 e. The smallest absolute Gasteiger partial charge is 0.208 e. The van der Waals surface area contributed by atoms with Crippen LogP contribution in [0.5, 0.6) is 0 Å². The quantitative estimate of drug-likeness (QED) is 0.329. The Labute approximate surface area is 105 Å². The van der Waals surface area contributed by atoms with E-state index in [1.165, 1.54) is 25.9 Å². The summed E-state index contributed by atoms with van der Waals surface area (Å²) >= 11 is 0. The molecule has 0 saturated carbocycles. The lowest BCUT2D eigenvalue weighted by molar-refractivity contribution is 0.169. The molecule has 1 saturated heterocycles. The van der Waals surface area contributed by atoms with E-state index >= 15 is 0 Å². The van der Waals surface area contributed by atoms with E-state index in [1.54, 1.807) is 0 Å². The van der Waals surface area contributed by atoms with Crippen LogP contribution in [0.15, 0.2) is 4.99 Å². The Morgan fingerprint density at radius 3 is 2.47 bits per heavy atom. The number of hydrazine groups is 1. The Kier molecular flexibility index (Phi) is 5.71. The average molecular weight is 241 g/mol. The van der Waals surface area contributed by atoms with Crippen molar-refractivity contribution in [1.82, 2.24) is 15.2 Å². The van der Waals surface area contributed by atoms with Gasteiger partial charge in [0.05, 0.1) is 0 Å². The van der Waals surface area contributed by atoms with Crippen LogP contribution in [0, 0.1) is 0 Å². The molecule has 0 radical (unpaired) electrons. The molecule has 1 aliphatic rings. The second-order valence-electron chi connectivity index (χ2n) is 4.97. The molecule has 0 atom stereocenters. The number of hydrogen-bond acceptors (Lipinski definition) is 3. The second-order valence-corrected chi connectivity index (χ2v) is 4.97. The van der Waals surface area contributed by atoms with E-state index in [0.29, 0.717) is 6.04 Å². The van der Waals surface area contributed by atoms with Crippen LogP contribution in [-0.2, 0) is 0 Å². The van der Waals surface area contributed by atoms with Gasteiger partial charge in [-0.3, -0.25) is 5.43 Å². The number of guanidine groups is 1. The van der Waals surface area contributed by atoms with E-state index in [1.807, 2.05) is 0 Å². The first-order valence-electron chi connectivity index (χ1n) is 6.58. The van der Waals surface area contributed by atoms with Crippen LogP contribution in [0.4, 0.5) is 0 Å². The summed E-state index contributed by atoms with van der Waals surface area (Å²) in [5.41, 5.74) is 2.72. The predicted molar refractivity (Wildman–Crippen MR) is 72.8 cm³/mol. The van der Waals surface area contributed by atoms with Gasteiger partial charge in [-0.1, -0.05) is 6.92 Å². The maximum atomic E-state index is 5.55. The molecule has 0 aromatic heterocycles. The van der Waals surface area contributed by atoms with Crippen LogP contribution in [0.2, 0.25) is 0 Å². The number of piperidine rings is 1. The highest BCUT2D eigenvalue weighted by Crippen LogP contribution is 2.15. The third kappa shape index (κ3) is 4.16. The topological polar surface area (TPSA) is 56.9 Å². The zero-order chi connectivity index (χ0) is 12.8. The second kappa shape index (κ2) is 6.81. The first-order chi connectivity index (χ1) is 8.08. The molecule has 5 nitrogen and oxygen atoms in total. The minimum atomic E-state index is 0.263. The molecule has 0 unspecified atom stereocenters. The van der Waals surface area contributed by atoms with Gasteiger partial charge in [0.15, 0.2) is 0 Å². The predicted octanol–water partition coefficient (Wildman–Crippen LogP) is 0.630. The fraction of sp³-hybridized carbons (Fsp3) is 0.917. The maximum absolute atomic E-state index is 5.55. The molecule has 3 N–H and O–H groups in total. The molecule has 1 fully saturated rings. The van der Waals surface area contributed by atoms with Crippen LogP contribution < -0.4 is 11.3 Å². The summed E-state index contributed by atoms with van der Waals surface area (Å²) in [6.45, 7) is 9.83. The molecule has 0 aromatic rings. The molecule has 0 aromatic carbocycles. The highest BCUT2D eigenvalue weighted by atomic mass is 15.4. The highest BCUT2D eigenvalue weighted by molar-refractivity contribution is 5.79. The van der Waals surface area contributed by atoms with Crippen molar-refractivity contribution in [2.24, 2.45) is 10.8 Å². The molecular weight excluding hydrogens is 214 g/mol. The molecule has 1 heterocycles. The van der Waals surface area contributed by atoms with E-state index in [9.17, 15) is 0 Å². The first kappa shape index (κ1) is 14.3. The van der Waals surface area contributed by atoms with E-state index < -0.39 is 0 Å². The monoisotopic (exact) mass is 241 g/mol. The van der Waals surface area contributed by atoms with E-state index in [4.69, 9.17) is 5.84 Å². The zero-order valence-electron chi connectivity index (χ0n) is 11.6. The molecule has 5 heteroatoms. The molecule has 0 amide bonds. The zero-order valence-corrected chi connectivity index (χ0v) is 11.6. The summed E-state index contributed by atoms with van der Waals surface area (Å²) < 4.78 is 0. The Morgan fingerprint density at radius 2 is 2.06 bits per heavy atom. The summed E-state index contributed by atoms with van der Waals surface area (Å²) in [5, 5.41) is 0. The Balaban J connectivity index is 2.55. The third-order valence-corrected chi connectivity index (χ3v) is 3.40. The van der Waals surface area contributed by atoms with Crippen molar-refractivity contribution < 1.29 is 0 Å². The summed E-state index contributed by atoms with van der Waals surface area (Å²) in [7, 11) is 2.08. The van der Waals surface area contributed by atoms with Crippen LogP contribution in [0.1, 0.15) is 33.6 Å². The van der Waals surface area contributed by atoms with Crippen LogP contribution in [0.3, 0.4) is 0 Å². The van der Waals surface area contributed by atoms with E-state index in [0.717, 1.165) is 12.5 Å². The number of nitrogens with one attached hydrogen (secondary N) is 1. The summed E-state index contributed by atoms with van der Waals surface area (Å²) in [6, 6.07) is 0.811. The van der Waals surface area contributed by atoms with Gasteiger partial charge in [0.1, 0.15) is 0 Å². The molecule has 17 heavy (non-hydrogen) atoms. The van der Waals surface area contributed by atoms with Gasteiger partial charge in [-0.2, -0.15) is 0 Å². The number of nitrogens with two attached hydrogens (primary N) is 1. The first-order valence-corrected chi connectivity index (χ1v) is 6.58. The third-order valence-electron chi connectivity index (χ3n) is 3.40. The maximum Gasteiger partial charge on any atom is 0.208 e. The standard InChI is InChI=1S/C12H27N5/c1-5-17-8-6-11(7-9-17)16(4)12(15-13)14-10(2)3/h10-11H,5-9,13H2,1-4H3,(H,14,15). The molecule has 0 aliphatic carbocycles. The van der Waals surface area contributed by atoms with Crippen molar-refractivity contribution in [2.75, 3.05) is 26.7 Å². The van der Waals surface area contributed by atoms with E-state index in [2.05, 4.69) is 48.0 Å². The van der Waals surface area contributed by atoms with Gasteiger partial charge >= 0.3 is 0 Å². The van der Waals surface area contributed by atoms with Gasteiger partial charge in [0.25, 0.3) is 0 Å². The van der Waals surface area contributed by atoms with Crippen molar-refractivity contribution in [1.29, 1.82) is 0 Å². The fourth-order valence-electron chi connectivity index (χ4n) is 2.27. The lowest BCUT2D eigenvalue weighted by Gasteiger charge is -2.37. The fourth-order valence-corrected chi connectivity index (χ4v) is 2.27. The van der Waals surface area contributed by atoms with Crippen LogP contribution in [-0.4, -0.2) is 54.5 Å². The SMILES string of the molecule is CCN1CCC(N(C)C(=NC(C)C)NN)CC1. The van der Waals surface area contributed by atoms with Gasteiger partial charge in [-0.25, -0.2) is 10.8 Å². The summed E-state index contributed by atoms with van der Waals surface area (Å²) in [6.07, 6.45) is 2.37. The van der Waals surface area contributed by atoms with Crippen molar-refractivity contribution in [3.05, 3.63) is 0 Å². The number of likely N-dealkylation sites (tertiary alicyclic amines) is 1. The Bertz CT molecular complexity index is 243. The molecule has 100 valence electrons. The molecule has 1 rings (SSSR count). The van der Waals surface area contributed by atoms with Crippen LogP contribution >= 0.6 is 0 Å². The molecular formula is C12H27N5. The minimum absolute atomic E-state index is 0.263. The van der Waals surface area contributed by atoms with Crippen molar-refractivity contribution in [3.8, 4) is 0 Å². The van der Waals surface area contributed by atoms with Gasteiger partial charge in [0, 0.05) is 32.2 Å². The number of aliphatic imine (C=N–C) groups is 1. The minimum Gasteiger partial charge on any atom is -0.342 e. The van der Waals surface area contributed by atoms with Crippen molar-refractivity contribution in [2.45, 2.75) is 45.7 Å². The highest BCUT2D eigenvalue weighted by Gasteiger charge is 2.23. The normalized spacial score (nSPS) is 19.8. The van der Waals surface area contributed by atoms with E-state index in [-0.39, 0.29) is 6.04 Å². The molecule has 1 aliphatic heterocycles. The number of rotatable bonds is 3. The lowest BCUT2D eigenvalue weighted by atomic mass is 10.0. The summed E-state index contributed by atoms with van der Waals surface area (Å²) in [4.78, 5) is 9.18. The lowest BCUT2D eigenvalue weighted by Crippen LogP contribution is -2.51. The van der Waals surface area contributed by atoms with Crippen molar-refractivity contribution in [3.63, 3.8) is 0 Å². The summed E-state index contributed by atoms with van der Waals surface area (Å²) in [5.74, 6) is 6.35. The molecule has 0 bridgehead atoms. The van der Waals surface area contributed by atoms with Crippen molar-refractivity contribution >= 4 is 5.96 Å². The van der Waals surface area contributed by atoms with Gasteiger partial charge < -0.3 is 9.80 Å². The average Bonchev–Trinajstić information content (AvgIpc) is 2.35. The van der Waals surface area contributed by atoms with Crippen LogP contribution in [0.25, 0.3) is 0 Å². The Hall–Kier alpha value is -0.810. The van der Waals surface area contributed by atoms with Gasteiger partial charge in [-0.05, 0) is 33.2 Å².